The molecule has 0 aliphatic carbocycles. The number of aromatic nitrogens is 3. The van der Waals surface area contributed by atoms with Crippen LogP contribution in [0, 0.1) is 6.92 Å². The second-order valence-corrected chi connectivity index (χ2v) is 6.23. The second kappa shape index (κ2) is 7.98. The van der Waals surface area contributed by atoms with Crippen LogP contribution < -0.4 is 0 Å². The van der Waals surface area contributed by atoms with Crippen LogP contribution >= 0.6 is 11.8 Å². The molecule has 0 spiro atoms. The fourth-order valence-electron chi connectivity index (χ4n) is 1.91. The Morgan fingerprint density at radius 2 is 2.05 bits per heavy atom. The SMILES string of the molecule is CCCCN(C)C(=O)CSc1n[nH]c(-c2ccc(C)cc2)n1. The first-order valence-electron chi connectivity index (χ1n) is 7.46. The van der Waals surface area contributed by atoms with Crippen molar-refractivity contribution in [3.63, 3.8) is 0 Å². The summed E-state index contributed by atoms with van der Waals surface area (Å²) in [6, 6.07) is 8.09. The van der Waals surface area contributed by atoms with Gasteiger partial charge in [-0.1, -0.05) is 54.9 Å². The average Bonchev–Trinajstić information content (AvgIpc) is 2.99. The topological polar surface area (TPSA) is 61.9 Å². The minimum atomic E-state index is 0.111. The van der Waals surface area contributed by atoms with Crippen LogP contribution in [0.25, 0.3) is 11.4 Å². The number of thioether (sulfide) groups is 1. The molecule has 1 amide bonds. The van der Waals surface area contributed by atoms with E-state index in [0.29, 0.717) is 10.9 Å². The van der Waals surface area contributed by atoms with Gasteiger partial charge in [0.1, 0.15) is 0 Å². The van der Waals surface area contributed by atoms with E-state index in [-0.39, 0.29) is 5.91 Å². The Hall–Kier alpha value is -1.82. The number of nitrogens with zero attached hydrogens (tertiary/aromatic N) is 3. The van der Waals surface area contributed by atoms with Crippen molar-refractivity contribution >= 4 is 17.7 Å². The van der Waals surface area contributed by atoms with E-state index in [0.717, 1.165) is 30.8 Å². The number of hydrogen-bond acceptors (Lipinski definition) is 4. The Morgan fingerprint density at radius 3 is 2.73 bits per heavy atom. The van der Waals surface area contributed by atoms with Crippen LogP contribution in [0.15, 0.2) is 29.4 Å². The molecule has 0 radical (unpaired) electrons. The zero-order valence-electron chi connectivity index (χ0n) is 13.3. The van der Waals surface area contributed by atoms with Crippen LogP contribution in [0.5, 0.6) is 0 Å². The van der Waals surface area contributed by atoms with Gasteiger partial charge in [-0.15, -0.1) is 5.10 Å². The van der Waals surface area contributed by atoms with Crippen LogP contribution in [0.3, 0.4) is 0 Å². The van der Waals surface area contributed by atoms with E-state index in [9.17, 15) is 4.79 Å². The summed E-state index contributed by atoms with van der Waals surface area (Å²) in [5.74, 6) is 1.21. The van der Waals surface area contributed by atoms with E-state index in [2.05, 4.69) is 22.1 Å². The number of rotatable bonds is 7. The van der Waals surface area contributed by atoms with Gasteiger partial charge in [-0.2, -0.15) is 0 Å². The standard InChI is InChI=1S/C16H22N4OS/c1-4-5-10-20(3)14(21)11-22-16-17-15(18-19-16)13-8-6-12(2)7-9-13/h6-9H,4-5,10-11H2,1-3H3,(H,17,18,19). The average molecular weight is 318 g/mol. The van der Waals surface area contributed by atoms with Gasteiger partial charge in [-0.25, -0.2) is 4.98 Å². The molecular weight excluding hydrogens is 296 g/mol. The molecule has 0 unspecified atom stereocenters. The van der Waals surface area contributed by atoms with Crippen molar-refractivity contribution in [3.8, 4) is 11.4 Å². The number of nitrogens with one attached hydrogen (secondary N) is 1. The van der Waals surface area contributed by atoms with Crippen LogP contribution in [-0.2, 0) is 4.79 Å². The lowest BCUT2D eigenvalue weighted by atomic mass is 10.1. The van der Waals surface area contributed by atoms with E-state index >= 15 is 0 Å². The third-order valence-corrected chi connectivity index (χ3v) is 4.22. The molecule has 1 aromatic heterocycles. The lowest BCUT2D eigenvalue weighted by Crippen LogP contribution is -2.29. The van der Waals surface area contributed by atoms with Crippen LogP contribution in [0.1, 0.15) is 25.3 Å². The predicted octanol–water partition coefficient (Wildman–Crippen LogP) is 3.13. The smallest absolute Gasteiger partial charge is 0.232 e. The molecule has 118 valence electrons. The molecule has 6 heteroatoms. The minimum Gasteiger partial charge on any atom is -0.345 e. The van der Waals surface area contributed by atoms with Crippen molar-refractivity contribution in [2.45, 2.75) is 31.8 Å². The van der Waals surface area contributed by atoms with Gasteiger partial charge >= 0.3 is 0 Å². The first-order chi connectivity index (χ1) is 10.6. The Morgan fingerprint density at radius 1 is 1.32 bits per heavy atom. The lowest BCUT2D eigenvalue weighted by molar-refractivity contribution is -0.127. The number of benzene rings is 1. The van der Waals surface area contributed by atoms with Crippen LogP contribution in [-0.4, -0.2) is 45.3 Å². The number of carbonyl (C=O) groups is 1. The van der Waals surface area contributed by atoms with Crippen molar-refractivity contribution in [1.29, 1.82) is 0 Å². The van der Waals surface area contributed by atoms with Gasteiger partial charge in [0.05, 0.1) is 5.75 Å². The molecule has 2 rings (SSSR count). The van der Waals surface area contributed by atoms with Gasteiger partial charge in [-0.05, 0) is 13.3 Å². The number of H-pyrrole nitrogens is 1. The summed E-state index contributed by atoms with van der Waals surface area (Å²) in [5.41, 5.74) is 2.20. The Kier molecular flexibility index (Phi) is 6.00. The number of amides is 1. The maximum Gasteiger partial charge on any atom is 0.232 e. The highest BCUT2D eigenvalue weighted by Crippen LogP contribution is 2.19. The molecule has 1 aromatic carbocycles. The number of carbonyl (C=O) groups excluding carboxylic acids is 1. The number of hydrogen-bond donors (Lipinski definition) is 1. The van der Waals surface area contributed by atoms with E-state index in [4.69, 9.17) is 0 Å². The summed E-state index contributed by atoms with van der Waals surface area (Å²) < 4.78 is 0. The summed E-state index contributed by atoms with van der Waals surface area (Å²) in [5, 5.41) is 7.69. The summed E-state index contributed by atoms with van der Waals surface area (Å²) in [6.45, 7) is 4.97. The first-order valence-corrected chi connectivity index (χ1v) is 8.45. The highest BCUT2D eigenvalue weighted by molar-refractivity contribution is 7.99. The van der Waals surface area contributed by atoms with Gasteiger partial charge in [0.25, 0.3) is 0 Å². The van der Waals surface area contributed by atoms with E-state index in [1.807, 2.05) is 38.2 Å². The molecule has 22 heavy (non-hydrogen) atoms. The van der Waals surface area contributed by atoms with E-state index < -0.39 is 0 Å². The second-order valence-electron chi connectivity index (χ2n) is 5.29. The van der Waals surface area contributed by atoms with Crippen molar-refractivity contribution in [3.05, 3.63) is 29.8 Å². The van der Waals surface area contributed by atoms with Crippen LogP contribution in [0.4, 0.5) is 0 Å². The molecular formula is C16H22N4OS. The molecule has 2 aromatic rings. The summed E-state index contributed by atoms with van der Waals surface area (Å²) in [4.78, 5) is 18.2. The third kappa shape index (κ3) is 4.59. The van der Waals surface area contributed by atoms with Gasteiger partial charge in [0.2, 0.25) is 11.1 Å². The predicted molar refractivity (Wildman–Crippen MR) is 89.8 cm³/mol. The van der Waals surface area contributed by atoms with Gasteiger partial charge in [0.15, 0.2) is 5.82 Å². The fraction of sp³-hybridized carbons (Fsp3) is 0.438. The Balaban J connectivity index is 1.89. The maximum absolute atomic E-state index is 12.0. The molecule has 0 bridgehead atoms. The Labute approximate surface area is 135 Å². The number of aromatic amines is 1. The Bertz CT molecular complexity index is 609. The first kappa shape index (κ1) is 16.5. The van der Waals surface area contributed by atoms with Crippen molar-refractivity contribution in [2.24, 2.45) is 0 Å². The highest BCUT2D eigenvalue weighted by Gasteiger charge is 2.11. The molecule has 0 aliphatic rings. The number of aryl methyl sites for hydroxylation is 1. The van der Waals surface area contributed by atoms with Gasteiger partial charge in [-0.3, -0.25) is 9.89 Å². The largest absolute Gasteiger partial charge is 0.345 e. The van der Waals surface area contributed by atoms with Crippen molar-refractivity contribution in [2.75, 3.05) is 19.3 Å². The van der Waals surface area contributed by atoms with Gasteiger partial charge < -0.3 is 4.90 Å². The monoisotopic (exact) mass is 318 g/mol. The molecule has 0 atom stereocenters. The zero-order valence-corrected chi connectivity index (χ0v) is 14.1. The van der Waals surface area contributed by atoms with E-state index in [1.54, 1.807) is 4.90 Å². The van der Waals surface area contributed by atoms with Crippen LogP contribution in [0.2, 0.25) is 0 Å². The quantitative estimate of drug-likeness (QED) is 0.797. The summed E-state index contributed by atoms with van der Waals surface area (Å²) in [6.07, 6.45) is 2.12. The molecule has 0 saturated carbocycles. The molecule has 0 fully saturated rings. The molecule has 1 N–H and O–H groups in total. The van der Waals surface area contributed by atoms with E-state index in [1.165, 1.54) is 17.3 Å². The lowest BCUT2D eigenvalue weighted by Gasteiger charge is -2.15. The normalized spacial score (nSPS) is 10.7. The summed E-state index contributed by atoms with van der Waals surface area (Å²) in [7, 11) is 1.84. The van der Waals surface area contributed by atoms with Crippen molar-refractivity contribution < 1.29 is 4.79 Å². The molecule has 5 nitrogen and oxygen atoms in total. The minimum absolute atomic E-state index is 0.111. The highest BCUT2D eigenvalue weighted by atomic mass is 32.2. The third-order valence-electron chi connectivity index (χ3n) is 3.39. The zero-order chi connectivity index (χ0) is 15.9. The fourth-order valence-corrected chi connectivity index (χ4v) is 2.65. The number of unbranched alkanes of at least 4 members (excludes halogenated alkanes) is 1. The van der Waals surface area contributed by atoms with Crippen molar-refractivity contribution in [1.82, 2.24) is 20.1 Å². The maximum atomic E-state index is 12.0. The molecule has 0 saturated heterocycles. The summed E-state index contributed by atoms with van der Waals surface area (Å²) >= 11 is 1.36. The molecule has 0 aliphatic heterocycles. The molecule has 1 heterocycles. The van der Waals surface area contributed by atoms with Gasteiger partial charge in [0, 0.05) is 19.2 Å².